The number of H-pyrrole nitrogens is 1. The number of aromatic amines is 1. The predicted molar refractivity (Wildman–Crippen MR) is 121 cm³/mol. The van der Waals surface area contributed by atoms with E-state index in [1.54, 1.807) is 17.7 Å². The van der Waals surface area contributed by atoms with Gasteiger partial charge >= 0.3 is 0 Å². The molecule has 2 aliphatic rings. The van der Waals surface area contributed by atoms with Gasteiger partial charge in [0.1, 0.15) is 11.1 Å². The summed E-state index contributed by atoms with van der Waals surface area (Å²) in [6.07, 6.45) is 1.84. The van der Waals surface area contributed by atoms with Crippen LogP contribution in [0.5, 0.6) is 5.88 Å². The molecule has 34 heavy (non-hydrogen) atoms. The van der Waals surface area contributed by atoms with Crippen molar-refractivity contribution in [3.8, 4) is 17.0 Å². The van der Waals surface area contributed by atoms with Gasteiger partial charge in [0.25, 0.3) is 5.56 Å². The standard InChI is InChI=1S/C22H23ClF2N6O3/c1-12-19(13(2)31(29-12)9-22(25)10-33-11-22)14-5-17(24)27-18(6-14)34-15-3-4-30(8-15)16-7-26-28-21(32)20(16)23/h5-7,15H,3-4,8-11H2,1-2H3,(H,28,32)/t15-/m1/s1. The van der Waals surface area contributed by atoms with Gasteiger partial charge < -0.3 is 14.4 Å². The Balaban J connectivity index is 1.35. The van der Waals surface area contributed by atoms with Gasteiger partial charge in [-0.25, -0.2) is 9.49 Å². The number of pyridine rings is 1. The number of hydrogen-bond donors (Lipinski definition) is 1. The molecule has 9 nitrogen and oxygen atoms in total. The van der Waals surface area contributed by atoms with Crippen molar-refractivity contribution in [3.63, 3.8) is 0 Å². The zero-order valence-corrected chi connectivity index (χ0v) is 19.4. The Kier molecular flexibility index (Phi) is 5.76. The smallest absolute Gasteiger partial charge is 0.285 e. The van der Waals surface area contributed by atoms with Gasteiger partial charge in [-0.1, -0.05) is 11.6 Å². The second-order valence-electron chi connectivity index (χ2n) is 8.74. The Labute approximate surface area is 198 Å². The van der Waals surface area contributed by atoms with Crippen LogP contribution in [0.2, 0.25) is 5.02 Å². The number of halogens is 3. The molecule has 0 bridgehead atoms. The molecular formula is C22H23ClF2N6O3. The number of anilines is 1. The highest BCUT2D eigenvalue weighted by Gasteiger charge is 2.40. The third kappa shape index (κ3) is 4.25. The molecule has 0 unspecified atom stereocenters. The van der Waals surface area contributed by atoms with Gasteiger partial charge in [-0.15, -0.1) is 0 Å². The topological polar surface area (TPSA) is 98.2 Å². The minimum absolute atomic E-state index is 0.0413. The molecule has 1 N–H and O–H groups in total. The van der Waals surface area contributed by atoms with Gasteiger partial charge in [0.05, 0.1) is 43.9 Å². The van der Waals surface area contributed by atoms with Gasteiger partial charge in [-0.2, -0.15) is 19.6 Å². The molecule has 12 heteroatoms. The molecular weight excluding hydrogens is 470 g/mol. The summed E-state index contributed by atoms with van der Waals surface area (Å²) in [6, 6.07) is 2.97. The van der Waals surface area contributed by atoms with Crippen molar-refractivity contribution in [2.45, 2.75) is 38.6 Å². The quantitative estimate of drug-likeness (QED) is 0.528. The number of nitrogens with zero attached hydrogens (tertiary/aromatic N) is 5. The highest BCUT2D eigenvalue weighted by Crippen LogP contribution is 2.33. The Morgan fingerprint density at radius 2 is 2.15 bits per heavy atom. The first kappa shape index (κ1) is 22.7. The van der Waals surface area contributed by atoms with Crippen LogP contribution in [0.1, 0.15) is 17.8 Å². The van der Waals surface area contributed by atoms with E-state index in [0.717, 1.165) is 5.69 Å². The molecule has 0 aliphatic carbocycles. The second kappa shape index (κ2) is 8.62. The largest absolute Gasteiger partial charge is 0.472 e. The van der Waals surface area contributed by atoms with Crippen molar-refractivity contribution in [2.24, 2.45) is 0 Å². The molecule has 2 fully saturated rings. The van der Waals surface area contributed by atoms with Crippen molar-refractivity contribution in [1.82, 2.24) is 25.0 Å². The van der Waals surface area contributed by atoms with E-state index in [0.29, 0.717) is 42.0 Å². The van der Waals surface area contributed by atoms with Crippen molar-refractivity contribution in [1.29, 1.82) is 0 Å². The minimum Gasteiger partial charge on any atom is -0.472 e. The normalized spacial score (nSPS) is 19.3. The van der Waals surface area contributed by atoms with E-state index in [4.69, 9.17) is 21.1 Å². The lowest BCUT2D eigenvalue weighted by Gasteiger charge is -2.33. The van der Waals surface area contributed by atoms with Crippen LogP contribution in [-0.4, -0.2) is 63.0 Å². The second-order valence-corrected chi connectivity index (χ2v) is 9.11. The molecule has 0 aromatic carbocycles. The number of ether oxygens (including phenoxy) is 2. The van der Waals surface area contributed by atoms with Gasteiger partial charge in [0.2, 0.25) is 11.8 Å². The van der Waals surface area contributed by atoms with Gasteiger partial charge in [-0.05, 0) is 19.4 Å². The zero-order valence-electron chi connectivity index (χ0n) is 18.6. The molecule has 5 heterocycles. The lowest BCUT2D eigenvalue weighted by Crippen LogP contribution is -2.49. The Morgan fingerprint density at radius 1 is 1.35 bits per heavy atom. The Hall–Kier alpha value is -3.05. The maximum Gasteiger partial charge on any atom is 0.285 e. The van der Waals surface area contributed by atoms with Crippen molar-refractivity contribution < 1.29 is 18.3 Å². The molecule has 0 radical (unpaired) electrons. The van der Waals surface area contributed by atoms with Gasteiger partial charge in [0, 0.05) is 36.4 Å². The van der Waals surface area contributed by atoms with E-state index in [2.05, 4.69) is 20.3 Å². The molecule has 3 aromatic rings. The van der Waals surface area contributed by atoms with Crippen LogP contribution in [0.3, 0.4) is 0 Å². The molecule has 0 amide bonds. The van der Waals surface area contributed by atoms with Crippen molar-refractivity contribution in [3.05, 3.63) is 51.0 Å². The van der Waals surface area contributed by atoms with Crippen LogP contribution in [-0.2, 0) is 11.3 Å². The summed E-state index contributed by atoms with van der Waals surface area (Å²) >= 11 is 6.11. The first-order chi connectivity index (χ1) is 16.2. The molecule has 2 aliphatic heterocycles. The van der Waals surface area contributed by atoms with Crippen LogP contribution in [0.25, 0.3) is 11.1 Å². The lowest BCUT2D eigenvalue weighted by atomic mass is 10.0. The number of aromatic nitrogens is 5. The van der Waals surface area contributed by atoms with Crippen LogP contribution < -0.4 is 15.2 Å². The summed E-state index contributed by atoms with van der Waals surface area (Å²) < 4.78 is 41.6. The van der Waals surface area contributed by atoms with Crippen molar-refractivity contribution in [2.75, 3.05) is 31.2 Å². The fourth-order valence-corrected chi connectivity index (χ4v) is 4.65. The zero-order chi connectivity index (χ0) is 24.0. The summed E-state index contributed by atoms with van der Waals surface area (Å²) in [5, 5.41) is 10.6. The van der Waals surface area contributed by atoms with E-state index in [1.807, 2.05) is 11.8 Å². The van der Waals surface area contributed by atoms with Crippen LogP contribution in [0.4, 0.5) is 14.5 Å². The number of nitrogens with one attached hydrogen (secondary N) is 1. The minimum atomic E-state index is -1.44. The molecule has 1 atom stereocenters. The van der Waals surface area contributed by atoms with Crippen LogP contribution in [0.15, 0.2) is 23.1 Å². The molecule has 0 spiro atoms. The van der Waals surface area contributed by atoms with E-state index >= 15 is 0 Å². The molecule has 3 aromatic heterocycles. The summed E-state index contributed by atoms with van der Waals surface area (Å²) in [7, 11) is 0. The monoisotopic (exact) mass is 492 g/mol. The van der Waals surface area contributed by atoms with Crippen molar-refractivity contribution >= 4 is 17.3 Å². The maximum atomic E-state index is 14.6. The fourth-order valence-electron chi connectivity index (χ4n) is 4.44. The molecule has 0 saturated carbocycles. The average molecular weight is 493 g/mol. The molecule has 5 rings (SSSR count). The summed E-state index contributed by atoms with van der Waals surface area (Å²) in [5.41, 5.74) is 1.26. The van der Waals surface area contributed by atoms with E-state index in [-0.39, 0.29) is 36.8 Å². The Bertz CT molecular complexity index is 1290. The lowest BCUT2D eigenvalue weighted by molar-refractivity contribution is -0.139. The SMILES string of the molecule is Cc1nn(CC2(F)COC2)c(C)c1-c1cc(F)nc(O[C@@H]2CCN(c3cn[nH]c(=O)c3Cl)C2)c1. The third-order valence-electron chi connectivity index (χ3n) is 6.15. The summed E-state index contributed by atoms with van der Waals surface area (Å²) in [5.74, 6) is -0.553. The van der Waals surface area contributed by atoms with Crippen LogP contribution in [0, 0.1) is 19.8 Å². The Morgan fingerprint density at radius 3 is 2.88 bits per heavy atom. The van der Waals surface area contributed by atoms with Gasteiger partial charge in [-0.3, -0.25) is 9.48 Å². The first-order valence-corrected chi connectivity index (χ1v) is 11.2. The average Bonchev–Trinajstić information content (AvgIpc) is 3.32. The fraction of sp³-hybridized carbons (Fsp3) is 0.455. The number of hydrogen-bond acceptors (Lipinski definition) is 7. The van der Waals surface area contributed by atoms with Gasteiger partial charge in [0.15, 0.2) is 5.67 Å². The highest BCUT2D eigenvalue weighted by atomic mass is 35.5. The summed E-state index contributed by atoms with van der Waals surface area (Å²) in [6.45, 7) is 4.82. The van der Waals surface area contributed by atoms with E-state index in [9.17, 15) is 13.6 Å². The molecule has 180 valence electrons. The predicted octanol–water partition coefficient (Wildman–Crippen LogP) is 2.83. The van der Waals surface area contributed by atoms with E-state index < -0.39 is 17.2 Å². The summed E-state index contributed by atoms with van der Waals surface area (Å²) in [4.78, 5) is 17.5. The molecule has 2 saturated heterocycles. The first-order valence-electron chi connectivity index (χ1n) is 10.9. The maximum absolute atomic E-state index is 14.6. The van der Waals surface area contributed by atoms with E-state index in [1.165, 1.54) is 12.3 Å². The number of rotatable bonds is 6. The van der Waals surface area contributed by atoms with Crippen LogP contribution >= 0.6 is 11.6 Å². The third-order valence-corrected chi connectivity index (χ3v) is 6.51. The highest BCUT2D eigenvalue weighted by molar-refractivity contribution is 6.33. The number of aryl methyl sites for hydroxylation is 1. The number of alkyl halides is 1.